The highest BCUT2D eigenvalue weighted by molar-refractivity contribution is 6.03. The molecule has 1 nitrogen and oxygen atoms in total. The van der Waals surface area contributed by atoms with Gasteiger partial charge in [0.05, 0.1) is 0 Å². The maximum Gasteiger partial charge on any atom is 0.0465 e. The molecule has 0 aliphatic heterocycles. The van der Waals surface area contributed by atoms with Gasteiger partial charge in [0.25, 0.3) is 0 Å². The third kappa shape index (κ3) is 5.96. The van der Waals surface area contributed by atoms with Gasteiger partial charge in [0.15, 0.2) is 0 Å². The monoisotopic (exact) mass is 739 g/mol. The summed E-state index contributed by atoms with van der Waals surface area (Å²) in [6.45, 7) is 4.82. The molecule has 11 rings (SSSR count). The second-order valence-electron chi connectivity index (χ2n) is 18.3. The number of anilines is 3. The third-order valence-electron chi connectivity index (χ3n) is 14.8. The van der Waals surface area contributed by atoms with Crippen LogP contribution >= 0.6 is 0 Å². The highest BCUT2D eigenvalue weighted by atomic mass is 15.1. The average molecular weight is 740 g/mol. The first-order valence-electron chi connectivity index (χ1n) is 21.9. The molecule has 0 radical (unpaired) electrons. The molecule has 7 aromatic rings. The van der Waals surface area contributed by atoms with Crippen molar-refractivity contribution < 1.29 is 0 Å². The van der Waals surface area contributed by atoms with Crippen LogP contribution in [0.4, 0.5) is 17.1 Å². The van der Waals surface area contributed by atoms with Gasteiger partial charge in [0, 0.05) is 22.5 Å². The zero-order valence-corrected chi connectivity index (χ0v) is 33.6. The van der Waals surface area contributed by atoms with Crippen molar-refractivity contribution >= 4 is 27.8 Å². The lowest BCUT2D eigenvalue weighted by molar-refractivity contribution is 0.420. The van der Waals surface area contributed by atoms with Gasteiger partial charge in [0.2, 0.25) is 0 Å². The van der Waals surface area contributed by atoms with Crippen molar-refractivity contribution in [3.8, 4) is 33.4 Å². The number of benzene rings is 7. The van der Waals surface area contributed by atoms with E-state index in [0.717, 1.165) is 17.8 Å². The predicted molar refractivity (Wildman–Crippen MR) is 241 cm³/mol. The van der Waals surface area contributed by atoms with E-state index in [0.29, 0.717) is 5.92 Å². The van der Waals surface area contributed by atoms with Crippen molar-refractivity contribution in [2.24, 2.45) is 11.8 Å². The van der Waals surface area contributed by atoms with Gasteiger partial charge in [-0.3, -0.25) is 0 Å². The molecule has 4 aliphatic rings. The minimum absolute atomic E-state index is 0.147. The van der Waals surface area contributed by atoms with Gasteiger partial charge in [-0.2, -0.15) is 0 Å². The lowest BCUT2D eigenvalue weighted by Gasteiger charge is -2.29. The average Bonchev–Trinajstić information content (AvgIpc) is 3.97. The third-order valence-corrected chi connectivity index (χ3v) is 14.8. The van der Waals surface area contributed by atoms with E-state index in [1.54, 1.807) is 5.56 Å². The normalized spacial score (nSPS) is 20.8. The maximum absolute atomic E-state index is 2.49. The fraction of sp³-hybridized carbons (Fsp3) is 0.286. The standard InChI is InChI=1S/C56H53N/c1-56(2)53-17-9-16-50(49-15-8-13-42-12-6-7-14-48(42)49)55(53)51-33-32-47(36-54(51)56)57(45-28-24-40(25-29-45)38-10-4-3-5-11-38)46-30-26-41(27-31-46)39-20-22-43(23-21-39)52-35-37-18-19-44(52)34-37/h6-9,12-17,20-33,36-38,44,52H,3-5,10-11,18-19,34-35H2,1-2H3. The molecule has 3 unspecified atom stereocenters. The Balaban J connectivity index is 0.976. The zero-order valence-electron chi connectivity index (χ0n) is 33.6. The largest absolute Gasteiger partial charge is 0.310 e. The summed E-state index contributed by atoms with van der Waals surface area (Å²) >= 11 is 0. The van der Waals surface area contributed by atoms with Gasteiger partial charge in [-0.05, 0) is 159 Å². The van der Waals surface area contributed by atoms with E-state index in [1.165, 1.54) is 136 Å². The highest BCUT2D eigenvalue weighted by Crippen LogP contribution is 2.55. The molecular weight excluding hydrogens is 687 g/mol. The molecule has 0 N–H and O–H groups in total. The van der Waals surface area contributed by atoms with E-state index in [9.17, 15) is 0 Å². The van der Waals surface area contributed by atoms with Crippen molar-refractivity contribution in [1.29, 1.82) is 0 Å². The van der Waals surface area contributed by atoms with Crippen molar-refractivity contribution in [3.05, 3.63) is 174 Å². The Morgan fingerprint density at radius 3 is 1.88 bits per heavy atom. The maximum atomic E-state index is 2.49. The molecule has 282 valence electrons. The number of hydrogen-bond donors (Lipinski definition) is 0. The zero-order chi connectivity index (χ0) is 38.1. The molecule has 0 amide bonds. The summed E-state index contributed by atoms with van der Waals surface area (Å²) in [5, 5.41) is 2.59. The molecule has 0 heterocycles. The Labute approximate surface area is 339 Å². The molecular formula is C56H53N. The Morgan fingerprint density at radius 1 is 0.491 bits per heavy atom. The molecule has 7 aromatic carbocycles. The Morgan fingerprint density at radius 2 is 1.14 bits per heavy atom. The van der Waals surface area contributed by atoms with Crippen molar-refractivity contribution in [2.75, 3.05) is 4.90 Å². The number of fused-ring (bicyclic) bond motifs is 6. The Hall–Kier alpha value is -5.40. The number of nitrogens with zero attached hydrogens (tertiary/aromatic N) is 1. The van der Waals surface area contributed by atoms with Crippen LogP contribution in [0.3, 0.4) is 0 Å². The minimum atomic E-state index is -0.147. The van der Waals surface area contributed by atoms with E-state index < -0.39 is 0 Å². The lowest BCUT2D eigenvalue weighted by Crippen LogP contribution is -2.16. The van der Waals surface area contributed by atoms with Gasteiger partial charge in [0.1, 0.15) is 0 Å². The highest BCUT2D eigenvalue weighted by Gasteiger charge is 2.40. The topological polar surface area (TPSA) is 3.24 Å². The number of rotatable bonds is 7. The molecule has 0 aromatic heterocycles. The molecule has 3 saturated carbocycles. The van der Waals surface area contributed by atoms with E-state index in [-0.39, 0.29) is 5.41 Å². The van der Waals surface area contributed by atoms with Crippen LogP contribution in [-0.4, -0.2) is 0 Å². The summed E-state index contributed by atoms with van der Waals surface area (Å²) < 4.78 is 0. The number of hydrogen-bond acceptors (Lipinski definition) is 1. The van der Waals surface area contributed by atoms with E-state index in [4.69, 9.17) is 0 Å². The summed E-state index contributed by atoms with van der Waals surface area (Å²) in [5.41, 5.74) is 17.2. The lowest BCUT2D eigenvalue weighted by atomic mass is 9.81. The second-order valence-corrected chi connectivity index (χ2v) is 18.3. The molecule has 0 spiro atoms. The summed E-state index contributed by atoms with van der Waals surface area (Å²) in [6.07, 6.45) is 12.4. The van der Waals surface area contributed by atoms with Crippen LogP contribution in [0.1, 0.15) is 106 Å². The van der Waals surface area contributed by atoms with Gasteiger partial charge in [-0.15, -0.1) is 0 Å². The second kappa shape index (κ2) is 13.9. The SMILES string of the molecule is CC1(C)c2cc(N(c3ccc(-c4ccc(C5CC6CCC5C6)cc4)cc3)c3ccc(C4CCCCC4)cc3)ccc2-c2c(-c3cccc4ccccc34)cccc21. The Bertz CT molecular complexity index is 2580. The first kappa shape index (κ1) is 34.8. The van der Waals surface area contributed by atoms with Gasteiger partial charge >= 0.3 is 0 Å². The van der Waals surface area contributed by atoms with Crippen molar-refractivity contribution in [3.63, 3.8) is 0 Å². The van der Waals surface area contributed by atoms with Crippen LogP contribution in [0, 0.1) is 11.8 Å². The fourth-order valence-corrected chi connectivity index (χ4v) is 11.8. The smallest absolute Gasteiger partial charge is 0.0465 e. The van der Waals surface area contributed by atoms with Crippen LogP contribution in [0.5, 0.6) is 0 Å². The van der Waals surface area contributed by atoms with Gasteiger partial charge < -0.3 is 4.90 Å². The molecule has 3 fully saturated rings. The van der Waals surface area contributed by atoms with Crippen LogP contribution in [0.15, 0.2) is 152 Å². The molecule has 0 saturated heterocycles. The molecule has 3 atom stereocenters. The summed E-state index contributed by atoms with van der Waals surface area (Å²) in [4.78, 5) is 2.48. The van der Waals surface area contributed by atoms with E-state index >= 15 is 0 Å². The van der Waals surface area contributed by atoms with Gasteiger partial charge in [-0.25, -0.2) is 0 Å². The molecule has 57 heavy (non-hydrogen) atoms. The Kier molecular flexibility index (Phi) is 8.50. The van der Waals surface area contributed by atoms with Gasteiger partial charge in [-0.1, -0.05) is 155 Å². The van der Waals surface area contributed by atoms with Crippen LogP contribution < -0.4 is 4.90 Å². The van der Waals surface area contributed by atoms with Crippen LogP contribution in [-0.2, 0) is 5.41 Å². The fourth-order valence-electron chi connectivity index (χ4n) is 11.8. The quantitative estimate of drug-likeness (QED) is 0.157. The van der Waals surface area contributed by atoms with E-state index in [2.05, 4.69) is 170 Å². The van der Waals surface area contributed by atoms with Crippen molar-refractivity contribution in [1.82, 2.24) is 0 Å². The summed E-state index contributed by atoms with van der Waals surface area (Å²) in [5.74, 6) is 3.34. The molecule has 2 bridgehead atoms. The first-order chi connectivity index (χ1) is 28.0. The minimum Gasteiger partial charge on any atom is -0.310 e. The first-order valence-corrected chi connectivity index (χ1v) is 21.9. The van der Waals surface area contributed by atoms with E-state index in [1.807, 2.05) is 0 Å². The van der Waals surface area contributed by atoms with Crippen molar-refractivity contribution in [2.45, 2.75) is 88.9 Å². The predicted octanol–water partition coefficient (Wildman–Crippen LogP) is 15.9. The molecule has 4 aliphatic carbocycles. The summed E-state index contributed by atoms with van der Waals surface area (Å²) in [7, 11) is 0. The molecule has 1 heteroatoms. The van der Waals surface area contributed by atoms with Crippen LogP contribution in [0.2, 0.25) is 0 Å². The summed E-state index contributed by atoms with van der Waals surface area (Å²) in [6, 6.07) is 58.2. The van der Waals surface area contributed by atoms with Crippen LogP contribution in [0.25, 0.3) is 44.2 Å².